The highest BCUT2D eigenvalue weighted by Gasteiger charge is 2.25. The Morgan fingerprint density at radius 2 is 1.78 bits per heavy atom. The molecule has 1 atom stereocenters. The minimum absolute atomic E-state index is 0.0985. The average molecular weight is 327 g/mol. The number of halogens is 1. The molecule has 1 aliphatic heterocycles. The van der Waals surface area contributed by atoms with Crippen molar-refractivity contribution in [2.45, 2.75) is 12.6 Å². The molecule has 1 unspecified atom stereocenters. The van der Waals surface area contributed by atoms with Crippen molar-refractivity contribution in [3.8, 4) is 0 Å². The topological polar surface area (TPSA) is 51.0 Å². The summed E-state index contributed by atoms with van der Waals surface area (Å²) in [6, 6.07) is 17.1. The van der Waals surface area contributed by atoms with Crippen LogP contribution in [0.15, 0.2) is 64.6 Å². The highest BCUT2D eigenvalue weighted by Crippen LogP contribution is 2.27. The first kappa shape index (κ1) is 15.4. The molecule has 0 aliphatic carbocycles. The fourth-order valence-corrected chi connectivity index (χ4v) is 2.52. The fraction of sp³-hybridized carbons (Fsp3) is 0.167. The van der Waals surface area contributed by atoms with Gasteiger partial charge in [0.1, 0.15) is 0 Å². The average Bonchev–Trinajstić information content (AvgIpc) is 3.00. The molecule has 0 saturated carbocycles. The van der Waals surface area contributed by atoms with Gasteiger partial charge in [0.15, 0.2) is 6.17 Å². The summed E-state index contributed by atoms with van der Waals surface area (Å²) in [6.45, 7) is 0. The summed E-state index contributed by atoms with van der Waals surface area (Å²) in [5.74, 6) is -0.334. The van der Waals surface area contributed by atoms with E-state index in [0.717, 1.165) is 11.1 Å². The van der Waals surface area contributed by atoms with Crippen molar-refractivity contribution in [1.82, 2.24) is 0 Å². The summed E-state index contributed by atoms with van der Waals surface area (Å²) in [6.07, 6.45) is -0.233. The molecule has 0 N–H and O–H groups in total. The number of carbonyl (C=O) groups excluding carboxylic acids is 1. The van der Waals surface area contributed by atoms with Gasteiger partial charge in [0, 0.05) is 10.6 Å². The maximum Gasteiger partial charge on any atom is 0.311 e. The SMILES string of the molecule is COC(=O)CC1=NC(c2ccccc2)N=C1c1ccc(Cl)cc1. The van der Waals surface area contributed by atoms with Crippen molar-refractivity contribution in [3.05, 3.63) is 70.7 Å². The summed E-state index contributed by atoms with van der Waals surface area (Å²) in [5, 5.41) is 0.651. The molecule has 0 bridgehead atoms. The van der Waals surface area contributed by atoms with Crippen LogP contribution in [0.25, 0.3) is 0 Å². The van der Waals surface area contributed by atoms with E-state index in [4.69, 9.17) is 16.3 Å². The molecule has 0 fully saturated rings. The Labute approximate surface area is 139 Å². The van der Waals surface area contributed by atoms with Crippen molar-refractivity contribution in [3.63, 3.8) is 0 Å². The molecular weight excluding hydrogens is 312 g/mol. The van der Waals surface area contributed by atoms with E-state index in [0.29, 0.717) is 16.4 Å². The molecule has 0 spiro atoms. The summed E-state index contributed by atoms with van der Waals surface area (Å²) >= 11 is 5.94. The van der Waals surface area contributed by atoms with Crippen molar-refractivity contribution in [1.29, 1.82) is 0 Å². The van der Waals surface area contributed by atoms with Crippen LogP contribution in [0.2, 0.25) is 5.02 Å². The van der Waals surface area contributed by atoms with E-state index in [2.05, 4.69) is 9.98 Å². The number of methoxy groups -OCH3 is 1. The van der Waals surface area contributed by atoms with Crippen LogP contribution in [0.4, 0.5) is 0 Å². The van der Waals surface area contributed by atoms with E-state index in [1.165, 1.54) is 7.11 Å². The van der Waals surface area contributed by atoms with Crippen molar-refractivity contribution in [2.24, 2.45) is 9.98 Å². The van der Waals surface area contributed by atoms with Crippen LogP contribution < -0.4 is 0 Å². The van der Waals surface area contributed by atoms with Crippen molar-refractivity contribution in [2.75, 3.05) is 7.11 Å². The molecule has 1 aliphatic rings. The number of rotatable bonds is 4. The fourth-order valence-electron chi connectivity index (χ4n) is 2.40. The summed E-state index contributed by atoms with van der Waals surface area (Å²) in [4.78, 5) is 21.0. The van der Waals surface area contributed by atoms with Gasteiger partial charge in [0.2, 0.25) is 0 Å². The van der Waals surface area contributed by atoms with Gasteiger partial charge in [-0.3, -0.25) is 14.8 Å². The van der Waals surface area contributed by atoms with Crippen LogP contribution in [0.1, 0.15) is 23.7 Å². The van der Waals surface area contributed by atoms with E-state index in [-0.39, 0.29) is 18.6 Å². The third kappa shape index (κ3) is 3.48. The Morgan fingerprint density at radius 3 is 2.43 bits per heavy atom. The van der Waals surface area contributed by atoms with Gasteiger partial charge in [-0.2, -0.15) is 0 Å². The zero-order valence-electron chi connectivity index (χ0n) is 12.6. The molecule has 0 amide bonds. The number of esters is 1. The Kier molecular flexibility index (Phi) is 4.53. The molecule has 2 aromatic rings. The van der Waals surface area contributed by atoms with Crippen molar-refractivity contribution >= 4 is 29.0 Å². The second-order valence-corrected chi connectivity index (χ2v) is 5.53. The van der Waals surface area contributed by atoms with E-state index < -0.39 is 0 Å². The monoisotopic (exact) mass is 326 g/mol. The Balaban J connectivity index is 1.98. The van der Waals surface area contributed by atoms with E-state index >= 15 is 0 Å². The van der Waals surface area contributed by atoms with Crippen LogP contribution in [0, 0.1) is 0 Å². The number of hydrogen-bond donors (Lipinski definition) is 0. The second kappa shape index (κ2) is 6.75. The number of nitrogens with zero attached hydrogens (tertiary/aromatic N) is 2. The standard InChI is InChI=1S/C18H15ClN2O2/c1-23-16(22)11-15-17(12-7-9-14(19)10-8-12)21-18(20-15)13-5-3-2-4-6-13/h2-10,18H,11H2,1H3. The molecule has 2 aromatic carbocycles. The molecule has 0 aromatic heterocycles. The second-order valence-electron chi connectivity index (χ2n) is 5.10. The lowest BCUT2D eigenvalue weighted by atomic mass is 10.0. The predicted molar refractivity (Wildman–Crippen MR) is 91.2 cm³/mol. The molecule has 23 heavy (non-hydrogen) atoms. The Morgan fingerprint density at radius 1 is 1.09 bits per heavy atom. The van der Waals surface area contributed by atoms with E-state index in [1.807, 2.05) is 42.5 Å². The van der Waals surface area contributed by atoms with Gasteiger partial charge in [-0.15, -0.1) is 0 Å². The van der Waals surface area contributed by atoms with Crippen LogP contribution >= 0.6 is 11.6 Å². The lowest BCUT2D eigenvalue weighted by Gasteiger charge is -2.04. The van der Waals surface area contributed by atoms with E-state index in [9.17, 15) is 4.79 Å². The Bertz CT molecular complexity index is 767. The molecule has 3 rings (SSSR count). The van der Waals surface area contributed by atoms with Gasteiger partial charge >= 0.3 is 5.97 Å². The zero-order valence-corrected chi connectivity index (χ0v) is 13.3. The van der Waals surface area contributed by atoms with Crippen molar-refractivity contribution < 1.29 is 9.53 Å². The van der Waals surface area contributed by atoms with Crippen LogP contribution in [0.3, 0.4) is 0 Å². The van der Waals surface area contributed by atoms with Gasteiger partial charge < -0.3 is 4.74 Å². The zero-order chi connectivity index (χ0) is 16.2. The highest BCUT2D eigenvalue weighted by molar-refractivity contribution is 6.51. The smallest absolute Gasteiger partial charge is 0.311 e. The maximum absolute atomic E-state index is 11.7. The third-order valence-corrected chi connectivity index (χ3v) is 3.81. The molecule has 0 saturated heterocycles. The predicted octanol–water partition coefficient (Wildman–Crippen LogP) is 3.85. The number of ether oxygens (including phenoxy) is 1. The number of carbonyl (C=O) groups is 1. The minimum atomic E-state index is -0.334. The normalized spacial score (nSPS) is 16.7. The summed E-state index contributed by atoms with van der Waals surface area (Å²) in [5.41, 5.74) is 3.21. The van der Waals surface area contributed by atoms with Crippen LogP contribution in [0.5, 0.6) is 0 Å². The minimum Gasteiger partial charge on any atom is -0.469 e. The molecule has 4 nitrogen and oxygen atoms in total. The number of benzene rings is 2. The van der Waals surface area contributed by atoms with Crippen LogP contribution in [-0.4, -0.2) is 24.5 Å². The third-order valence-electron chi connectivity index (χ3n) is 3.56. The van der Waals surface area contributed by atoms with Gasteiger partial charge in [-0.1, -0.05) is 54.1 Å². The van der Waals surface area contributed by atoms with Crippen LogP contribution in [-0.2, 0) is 9.53 Å². The Hall–Kier alpha value is -2.46. The van der Waals surface area contributed by atoms with Gasteiger partial charge in [-0.25, -0.2) is 0 Å². The lowest BCUT2D eigenvalue weighted by Crippen LogP contribution is -2.17. The summed E-state index contributed by atoms with van der Waals surface area (Å²) < 4.78 is 4.76. The quantitative estimate of drug-likeness (QED) is 0.801. The number of aliphatic imine (C=N–C) groups is 2. The molecule has 1 heterocycles. The first-order valence-corrected chi connectivity index (χ1v) is 7.57. The lowest BCUT2D eigenvalue weighted by molar-refractivity contribution is -0.139. The molecule has 116 valence electrons. The first-order chi connectivity index (χ1) is 11.2. The summed E-state index contributed by atoms with van der Waals surface area (Å²) in [7, 11) is 1.37. The van der Waals surface area contributed by atoms with E-state index in [1.54, 1.807) is 12.1 Å². The maximum atomic E-state index is 11.7. The molecular formula is C18H15ClN2O2. The van der Waals surface area contributed by atoms with Gasteiger partial charge in [-0.05, 0) is 17.7 Å². The van der Waals surface area contributed by atoms with Gasteiger partial charge in [0.25, 0.3) is 0 Å². The first-order valence-electron chi connectivity index (χ1n) is 7.20. The van der Waals surface area contributed by atoms with Gasteiger partial charge in [0.05, 0.1) is 25.0 Å². The molecule has 5 heteroatoms. The largest absolute Gasteiger partial charge is 0.469 e. The highest BCUT2D eigenvalue weighted by atomic mass is 35.5. The molecule has 0 radical (unpaired) electrons. The number of hydrogen-bond acceptors (Lipinski definition) is 4.